The molecule has 0 aromatic rings. The highest BCUT2D eigenvalue weighted by Crippen LogP contribution is 2.43. The molecule has 1 amide bonds. The van der Waals surface area contributed by atoms with Crippen molar-refractivity contribution >= 4 is 19.7 Å². The first-order valence-corrected chi connectivity index (χ1v) is 35.5. The second-order valence-corrected chi connectivity index (χ2v) is 25.8. The minimum atomic E-state index is -4.45. The van der Waals surface area contributed by atoms with Crippen LogP contribution in [0.4, 0.5) is 0 Å². The maximum atomic E-state index is 13.6. The van der Waals surface area contributed by atoms with Crippen LogP contribution in [0.3, 0.4) is 0 Å². The molecule has 0 fully saturated rings. The van der Waals surface area contributed by atoms with Gasteiger partial charge in [0.15, 0.2) is 0 Å². The van der Waals surface area contributed by atoms with Crippen LogP contribution in [0.25, 0.3) is 0 Å². The summed E-state index contributed by atoms with van der Waals surface area (Å²) in [5, 5.41) is 3.07. The predicted molar refractivity (Wildman–Crippen MR) is 342 cm³/mol. The molecule has 0 aliphatic heterocycles. The van der Waals surface area contributed by atoms with Gasteiger partial charge in [0.25, 0.3) is 0 Å². The predicted octanol–water partition coefficient (Wildman–Crippen LogP) is 21.2. The number of nitrogens with zero attached hydrogens (tertiary/aromatic N) is 1. The molecule has 0 aromatic heterocycles. The lowest BCUT2D eigenvalue weighted by molar-refractivity contribution is -0.870. The second-order valence-electron chi connectivity index (χ2n) is 24.3. The molecule has 0 saturated carbocycles. The Morgan fingerprint density at radius 2 is 0.772 bits per heavy atom. The molecule has 0 aliphatic carbocycles. The molecule has 0 radical (unpaired) electrons. The Kier molecular flexibility index (Phi) is 57.6. The minimum Gasteiger partial charge on any atom is -0.456 e. The molecule has 79 heavy (non-hydrogen) atoms. The molecule has 0 aliphatic rings. The van der Waals surface area contributed by atoms with Crippen molar-refractivity contribution in [3.63, 3.8) is 0 Å². The summed E-state index contributed by atoms with van der Waals surface area (Å²) in [6.45, 7) is 7.02. The molecule has 9 nitrogen and oxygen atoms in total. The fourth-order valence-electron chi connectivity index (χ4n) is 9.97. The van der Waals surface area contributed by atoms with E-state index in [9.17, 15) is 19.0 Å². The summed E-state index contributed by atoms with van der Waals surface area (Å²) in [7, 11) is 1.50. The topological polar surface area (TPSA) is 111 Å². The summed E-state index contributed by atoms with van der Waals surface area (Å²) < 4.78 is 30.8. The van der Waals surface area contributed by atoms with E-state index in [0.29, 0.717) is 17.4 Å². The summed E-state index contributed by atoms with van der Waals surface area (Å²) in [4.78, 5) is 37.8. The summed E-state index contributed by atoms with van der Waals surface area (Å²) >= 11 is 0. The van der Waals surface area contributed by atoms with E-state index in [1.807, 2.05) is 33.3 Å². The molecule has 2 N–H and O–H groups in total. The number of unbranched alkanes of at least 4 members (excludes halogenated alkanes) is 40. The summed E-state index contributed by atoms with van der Waals surface area (Å²) in [5.74, 6) is -0.498. The van der Waals surface area contributed by atoms with E-state index in [-0.39, 0.29) is 31.5 Å². The van der Waals surface area contributed by atoms with E-state index in [0.717, 1.165) is 64.2 Å². The van der Waals surface area contributed by atoms with Crippen molar-refractivity contribution < 1.29 is 37.3 Å². The second kappa shape index (κ2) is 59.1. The van der Waals surface area contributed by atoms with E-state index >= 15 is 0 Å². The van der Waals surface area contributed by atoms with Crippen molar-refractivity contribution in [1.29, 1.82) is 0 Å². The van der Waals surface area contributed by atoms with Crippen LogP contribution >= 0.6 is 7.82 Å². The zero-order valence-corrected chi connectivity index (χ0v) is 54.0. The third kappa shape index (κ3) is 60.4. The van der Waals surface area contributed by atoms with Gasteiger partial charge in [-0.1, -0.05) is 275 Å². The highest BCUT2D eigenvalue weighted by atomic mass is 31.2. The first kappa shape index (κ1) is 77.0. The van der Waals surface area contributed by atoms with Crippen LogP contribution in [0.5, 0.6) is 0 Å². The maximum Gasteiger partial charge on any atom is 0.472 e. The van der Waals surface area contributed by atoms with E-state index in [2.05, 4.69) is 62.5 Å². The first-order chi connectivity index (χ1) is 38.4. The minimum absolute atomic E-state index is 0.0405. The highest BCUT2D eigenvalue weighted by molar-refractivity contribution is 7.47. The van der Waals surface area contributed by atoms with Gasteiger partial charge in [-0.3, -0.25) is 18.6 Å². The quantitative estimate of drug-likeness (QED) is 0.0205. The summed E-state index contributed by atoms with van der Waals surface area (Å²) in [6, 6.07) is -0.849. The number of carbonyl (C=O) groups is 2. The number of phosphoric ester groups is 1. The van der Waals surface area contributed by atoms with Crippen LogP contribution in [0.15, 0.2) is 48.6 Å². The van der Waals surface area contributed by atoms with E-state index in [1.54, 1.807) is 0 Å². The monoisotopic (exact) mass is 1130 g/mol. The number of likely N-dealkylation sites (N-methyl/N-ethyl adjacent to an activating group) is 1. The van der Waals surface area contributed by atoms with Gasteiger partial charge in [0.05, 0.1) is 33.8 Å². The fourth-order valence-corrected chi connectivity index (χ4v) is 10.7. The van der Waals surface area contributed by atoms with Gasteiger partial charge in [0, 0.05) is 12.8 Å². The van der Waals surface area contributed by atoms with Gasteiger partial charge in [0.2, 0.25) is 5.91 Å². The molecule has 3 unspecified atom stereocenters. The van der Waals surface area contributed by atoms with Gasteiger partial charge in [-0.05, 0) is 89.5 Å². The lowest BCUT2D eigenvalue weighted by atomic mass is 10.0. The number of hydrogen-bond acceptors (Lipinski definition) is 6. The van der Waals surface area contributed by atoms with Gasteiger partial charge >= 0.3 is 13.8 Å². The molecular formula is C69H132N2O7P+. The highest BCUT2D eigenvalue weighted by Gasteiger charge is 2.30. The van der Waals surface area contributed by atoms with Gasteiger partial charge in [0.1, 0.15) is 19.3 Å². The molecule has 0 rings (SSSR count). The molecule has 0 spiro atoms. The van der Waals surface area contributed by atoms with E-state index in [1.165, 1.54) is 231 Å². The number of rotatable bonds is 62. The molecule has 0 saturated heterocycles. The normalized spacial score (nSPS) is 13.9. The van der Waals surface area contributed by atoms with Crippen molar-refractivity contribution in [3.05, 3.63) is 48.6 Å². The van der Waals surface area contributed by atoms with Crippen LogP contribution in [-0.4, -0.2) is 74.3 Å². The van der Waals surface area contributed by atoms with E-state index < -0.39 is 20.0 Å². The Morgan fingerprint density at radius 1 is 0.443 bits per heavy atom. The largest absolute Gasteiger partial charge is 0.472 e. The molecule has 0 heterocycles. The van der Waals surface area contributed by atoms with Crippen LogP contribution in [-0.2, 0) is 27.9 Å². The summed E-state index contributed by atoms with van der Waals surface area (Å²) in [6.07, 6.45) is 74.0. The van der Waals surface area contributed by atoms with E-state index in [4.69, 9.17) is 13.8 Å². The number of ether oxygens (including phenoxy) is 1. The lowest BCUT2D eigenvalue weighted by Crippen LogP contribution is -2.47. The fraction of sp³-hybridized carbons (Fsp3) is 0.855. The average Bonchev–Trinajstić information content (AvgIpc) is 3.41. The zero-order valence-electron chi connectivity index (χ0n) is 53.1. The van der Waals surface area contributed by atoms with Crippen molar-refractivity contribution in [2.45, 2.75) is 341 Å². The Bertz CT molecular complexity index is 1490. The van der Waals surface area contributed by atoms with Crippen LogP contribution < -0.4 is 5.32 Å². The lowest BCUT2D eigenvalue weighted by Gasteiger charge is -2.27. The number of phosphoric acid groups is 1. The zero-order chi connectivity index (χ0) is 57.9. The molecule has 3 atom stereocenters. The molecular weight excluding hydrogens is 1000 g/mol. The van der Waals surface area contributed by atoms with Gasteiger partial charge in [-0.25, -0.2) is 4.57 Å². The Hall–Kier alpha value is -2.03. The van der Waals surface area contributed by atoms with Crippen LogP contribution in [0.1, 0.15) is 329 Å². The van der Waals surface area contributed by atoms with Gasteiger partial charge in [-0.15, -0.1) is 0 Å². The number of amides is 1. The molecule has 0 bridgehead atoms. The third-order valence-corrected chi connectivity index (χ3v) is 16.2. The number of nitrogens with one attached hydrogen (secondary N) is 1. The van der Waals surface area contributed by atoms with Crippen molar-refractivity contribution in [2.24, 2.45) is 0 Å². The summed E-state index contributed by atoms with van der Waals surface area (Å²) in [5.41, 5.74) is 0. The first-order valence-electron chi connectivity index (χ1n) is 34.0. The average molecular weight is 1130 g/mol. The Labute approximate surface area is 490 Å². The van der Waals surface area contributed by atoms with Gasteiger partial charge < -0.3 is 19.4 Å². The number of quaternary nitrogens is 1. The van der Waals surface area contributed by atoms with Crippen molar-refractivity contribution in [3.8, 4) is 0 Å². The number of carbonyl (C=O) groups excluding carboxylic acids is 2. The number of allylic oxidation sites excluding steroid dienone is 7. The molecule has 464 valence electrons. The van der Waals surface area contributed by atoms with Crippen LogP contribution in [0.2, 0.25) is 0 Å². The smallest absolute Gasteiger partial charge is 0.456 e. The number of esters is 1. The van der Waals surface area contributed by atoms with Crippen LogP contribution in [0, 0.1) is 0 Å². The Balaban J connectivity index is 5.07. The van der Waals surface area contributed by atoms with Crippen molar-refractivity contribution in [1.82, 2.24) is 5.32 Å². The Morgan fingerprint density at radius 3 is 1.18 bits per heavy atom. The standard InChI is InChI=1S/C69H131N2O7P/c1-7-10-13-16-19-22-25-27-29-31-33-34-35-36-38-39-41-43-46-49-52-55-58-61-68(72)70-66(65-77-79(74,75)76-64-63-71(4,5)6)67(60-57-54-51-48-45-24-21-18-15-12-9-3)78-69(73)62-59-56-53-50-47-44-42-40-37-32-30-28-26-23-20-17-14-11-8-2/h20,23,27-30,57,60,66-67H,7-19,21-22,24-26,31-56,58-59,61-65H2,1-6H3,(H-,70,72,74,75)/p+1/b23-20-,29-27+,30-28-,60-57-. The third-order valence-electron chi connectivity index (χ3n) is 15.2. The SMILES string of the molecule is CCCCC/C=C\C/C=C\CCCCCCCCCCCC(=O)OC(/C=C\CCCCCCCCCCC)C(COP(=O)(O)OCC[N+](C)(C)C)NC(=O)CCCCCCCCCCCCCCC/C=C/CCCCCCCC. The van der Waals surface area contributed by atoms with Crippen molar-refractivity contribution in [2.75, 3.05) is 40.9 Å². The number of hydrogen-bond donors (Lipinski definition) is 2. The molecule has 0 aromatic carbocycles. The van der Waals surface area contributed by atoms with Gasteiger partial charge in [-0.2, -0.15) is 0 Å². The molecule has 10 heteroatoms. The maximum absolute atomic E-state index is 13.6.